The lowest BCUT2D eigenvalue weighted by Crippen LogP contribution is -2.52. The first kappa shape index (κ1) is 20.7. The fraction of sp³-hybridized carbons (Fsp3) is 0.583. The van der Waals surface area contributed by atoms with Crippen LogP contribution in [0.25, 0.3) is 0 Å². The van der Waals surface area contributed by atoms with Gasteiger partial charge in [-0.3, -0.25) is 20.2 Å². The highest BCUT2D eigenvalue weighted by molar-refractivity contribution is 5.97. The van der Waals surface area contributed by atoms with Crippen LogP contribution in [0.5, 0.6) is 0 Å². The van der Waals surface area contributed by atoms with Crippen LogP contribution in [-0.2, 0) is 9.59 Å². The number of carbonyl (C=O) groups is 3. The highest BCUT2D eigenvalue weighted by Gasteiger charge is 2.23. The van der Waals surface area contributed by atoms with Gasteiger partial charge >= 0.3 is 12.0 Å². The quantitative estimate of drug-likeness (QED) is 0.493. The van der Waals surface area contributed by atoms with E-state index in [1.54, 1.807) is 0 Å². The predicted molar refractivity (Wildman–Crippen MR) is 77.9 cm³/mol. The molecule has 0 fully saturated rings. The number of halogens is 1. The molecule has 0 aromatic rings. The lowest BCUT2D eigenvalue weighted by molar-refractivity contribution is -0.140. The standard InChI is InChI=1S/C12H21N3O4.ClH/c1-4-6-9(11(17)18)14-8(3)10(16)15-12(19)13-7-5-2;/h5,8-9,14H,2,4,6-7H2,1,3H3,(H,17,18)(H2,13,15,16,19);1H. The van der Waals surface area contributed by atoms with Crippen LogP contribution in [-0.4, -0.2) is 41.6 Å². The number of aliphatic carboxylic acids is 1. The molecule has 0 saturated heterocycles. The van der Waals surface area contributed by atoms with E-state index in [1.807, 2.05) is 6.92 Å². The number of carbonyl (C=O) groups excluding carboxylic acids is 2. The molecule has 0 rings (SSSR count). The zero-order valence-corrected chi connectivity index (χ0v) is 12.5. The molecule has 0 heterocycles. The summed E-state index contributed by atoms with van der Waals surface area (Å²) in [6, 6.07) is -2.22. The number of carboxylic acids is 1. The first-order chi connectivity index (χ1) is 8.92. The monoisotopic (exact) mass is 307 g/mol. The van der Waals surface area contributed by atoms with Crippen LogP contribution in [0.4, 0.5) is 4.79 Å². The van der Waals surface area contributed by atoms with Gasteiger partial charge in [-0.2, -0.15) is 0 Å². The zero-order chi connectivity index (χ0) is 14.8. The number of imide groups is 1. The molecule has 0 bridgehead atoms. The maximum Gasteiger partial charge on any atom is 0.321 e. The van der Waals surface area contributed by atoms with E-state index in [0.717, 1.165) is 0 Å². The molecule has 4 N–H and O–H groups in total. The number of rotatable bonds is 8. The van der Waals surface area contributed by atoms with Crippen LogP contribution in [0, 0.1) is 0 Å². The summed E-state index contributed by atoms with van der Waals surface area (Å²) in [7, 11) is 0. The molecule has 2 atom stereocenters. The molecule has 2 unspecified atom stereocenters. The highest BCUT2D eigenvalue weighted by atomic mass is 35.5. The zero-order valence-electron chi connectivity index (χ0n) is 11.6. The Morgan fingerprint density at radius 3 is 2.40 bits per heavy atom. The number of nitrogens with one attached hydrogen (secondary N) is 3. The van der Waals surface area contributed by atoms with Crippen molar-refractivity contribution in [3.8, 4) is 0 Å². The summed E-state index contributed by atoms with van der Waals surface area (Å²) >= 11 is 0. The molecule has 3 amide bonds. The number of hydrogen-bond donors (Lipinski definition) is 4. The summed E-state index contributed by atoms with van der Waals surface area (Å²) in [5.74, 6) is -1.60. The Kier molecular flexibility index (Phi) is 11.6. The second kappa shape index (κ2) is 11.2. The molecular weight excluding hydrogens is 286 g/mol. The predicted octanol–water partition coefficient (Wildman–Crippen LogP) is 0.651. The molecule has 0 spiro atoms. The summed E-state index contributed by atoms with van der Waals surface area (Å²) in [4.78, 5) is 33.8. The van der Waals surface area contributed by atoms with Crippen molar-refractivity contribution in [3.05, 3.63) is 12.7 Å². The lowest BCUT2D eigenvalue weighted by Gasteiger charge is -2.19. The molecule has 0 aromatic heterocycles. The van der Waals surface area contributed by atoms with E-state index < -0.39 is 30.0 Å². The van der Waals surface area contributed by atoms with Gasteiger partial charge in [0, 0.05) is 6.54 Å². The maximum atomic E-state index is 11.6. The topological polar surface area (TPSA) is 108 Å². The number of urea groups is 1. The Balaban J connectivity index is 0. The van der Waals surface area contributed by atoms with E-state index in [1.165, 1.54) is 13.0 Å². The average molecular weight is 308 g/mol. The smallest absolute Gasteiger partial charge is 0.321 e. The summed E-state index contributed by atoms with van der Waals surface area (Å²) < 4.78 is 0. The third-order valence-electron chi connectivity index (χ3n) is 2.36. The Hall–Kier alpha value is -1.60. The van der Waals surface area contributed by atoms with Crippen LogP contribution in [0.3, 0.4) is 0 Å². The fourth-order valence-electron chi connectivity index (χ4n) is 1.37. The number of carboxylic acid groups (broad SMARTS) is 1. The van der Waals surface area contributed by atoms with Crippen molar-refractivity contribution >= 4 is 30.3 Å². The molecule has 116 valence electrons. The van der Waals surface area contributed by atoms with Crippen molar-refractivity contribution in [2.75, 3.05) is 6.54 Å². The van der Waals surface area contributed by atoms with E-state index in [-0.39, 0.29) is 19.0 Å². The third kappa shape index (κ3) is 8.49. The van der Waals surface area contributed by atoms with Crippen molar-refractivity contribution in [3.63, 3.8) is 0 Å². The van der Waals surface area contributed by atoms with Crippen LogP contribution >= 0.6 is 12.4 Å². The van der Waals surface area contributed by atoms with Gasteiger partial charge in [-0.1, -0.05) is 19.4 Å². The second-order valence-electron chi connectivity index (χ2n) is 4.06. The second-order valence-corrected chi connectivity index (χ2v) is 4.06. The summed E-state index contributed by atoms with van der Waals surface area (Å²) in [6.45, 7) is 7.02. The van der Waals surface area contributed by atoms with E-state index in [4.69, 9.17) is 5.11 Å². The van der Waals surface area contributed by atoms with E-state index in [0.29, 0.717) is 12.8 Å². The van der Waals surface area contributed by atoms with E-state index in [9.17, 15) is 14.4 Å². The highest BCUT2D eigenvalue weighted by Crippen LogP contribution is 1.99. The van der Waals surface area contributed by atoms with Crippen molar-refractivity contribution in [1.82, 2.24) is 16.0 Å². The van der Waals surface area contributed by atoms with Crippen LogP contribution in [0.15, 0.2) is 12.7 Å². The third-order valence-corrected chi connectivity index (χ3v) is 2.36. The molecule has 0 aliphatic rings. The largest absolute Gasteiger partial charge is 0.480 e. The SMILES string of the molecule is C=CCNC(=O)NC(=O)C(C)NC(CCC)C(=O)O.Cl. The van der Waals surface area contributed by atoms with Gasteiger partial charge in [0.05, 0.1) is 6.04 Å². The first-order valence-electron chi connectivity index (χ1n) is 6.10. The molecule has 20 heavy (non-hydrogen) atoms. The van der Waals surface area contributed by atoms with E-state index >= 15 is 0 Å². The first-order valence-corrected chi connectivity index (χ1v) is 6.10. The molecule has 7 nitrogen and oxygen atoms in total. The Bertz CT molecular complexity index is 350. The van der Waals surface area contributed by atoms with E-state index in [2.05, 4.69) is 22.5 Å². The normalized spacial score (nSPS) is 12.5. The van der Waals surface area contributed by atoms with Gasteiger partial charge in [0.1, 0.15) is 6.04 Å². The summed E-state index contributed by atoms with van der Waals surface area (Å²) in [5.41, 5.74) is 0. The van der Waals surface area contributed by atoms with Gasteiger partial charge in [0.15, 0.2) is 0 Å². The van der Waals surface area contributed by atoms with Crippen molar-refractivity contribution in [2.45, 2.75) is 38.8 Å². The van der Waals surface area contributed by atoms with Crippen molar-refractivity contribution in [1.29, 1.82) is 0 Å². The number of amides is 3. The lowest BCUT2D eigenvalue weighted by atomic mass is 10.1. The molecule has 0 saturated carbocycles. The maximum absolute atomic E-state index is 11.6. The minimum atomic E-state index is -1.02. The molecule has 8 heteroatoms. The molecule has 0 radical (unpaired) electrons. The van der Waals surface area contributed by atoms with Crippen LogP contribution in [0.2, 0.25) is 0 Å². The van der Waals surface area contributed by atoms with Crippen LogP contribution in [0.1, 0.15) is 26.7 Å². The molecule has 0 aliphatic carbocycles. The average Bonchev–Trinajstić information content (AvgIpc) is 2.35. The van der Waals surface area contributed by atoms with Gasteiger partial charge in [-0.15, -0.1) is 19.0 Å². The Morgan fingerprint density at radius 1 is 1.35 bits per heavy atom. The van der Waals surface area contributed by atoms with Gasteiger partial charge in [0.25, 0.3) is 0 Å². The number of hydrogen-bond acceptors (Lipinski definition) is 4. The minimum absolute atomic E-state index is 0. The van der Waals surface area contributed by atoms with Gasteiger partial charge < -0.3 is 10.4 Å². The fourth-order valence-corrected chi connectivity index (χ4v) is 1.37. The van der Waals surface area contributed by atoms with Gasteiger partial charge in [-0.05, 0) is 13.3 Å². The Morgan fingerprint density at radius 2 is 1.95 bits per heavy atom. The van der Waals surface area contributed by atoms with Crippen molar-refractivity contribution < 1.29 is 19.5 Å². The molecule has 0 aromatic carbocycles. The Labute approximate surface area is 124 Å². The van der Waals surface area contributed by atoms with Crippen LogP contribution < -0.4 is 16.0 Å². The van der Waals surface area contributed by atoms with Gasteiger partial charge in [0.2, 0.25) is 5.91 Å². The van der Waals surface area contributed by atoms with Gasteiger partial charge in [-0.25, -0.2) is 4.79 Å². The molecular formula is C12H22ClN3O4. The van der Waals surface area contributed by atoms with Crippen molar-refractivity contribution in [2.24, 2.45) is 0 Å². The summed E-state index contributed by atoms with van der Waals surface area (Å²) in [6.07, 6.45) is 2.57. The molecule has 0 aliphatic heterocycles. The minimum Gasteiger partial charge on any atom is -0.480 e. The summed E-state index contributed by atoms with van der Waals surface area (Å²) in [5, 5.41) is 16.1.